The van der Waals surface area contributed by atoms with E-state index < -0.39 is 5.60 Å². The zero-order valence-corrected chi connectivity index (χ0v) is 18.3. The van der Waals surface area contributed by atoms with E-state index >= 15 is 0 Å². The lowest BCUT2D eigenvalue weighted by atomic mass is 9.49. The molecule has 4 aliphatic carbocycles. The van der Waals surface area contributed by atoms with E-state index in [2.05, 4.69) is 24.3 Å². The van der Waals surface area contributed by atoms with Gasteiger partial charge in [-0.15, -0.1) is 0 Å². The molecule has 4 rings (SSSR count). The summed E-state index contributed by atoms with van der Waals surface area (Å²) >= 11 is 5.90. The van der Waals surface area contributed by atoms with E-state index in [0.29, 0.717) is 42.3 Å². The molecule has 4 heteroatoms. The largest absolute Gasteiger partial charge is 0.441 e. The van der Waals surface area contributed by atoms with E-state index in [0.717, 1.165) is 44.9 Å². The Bertz CT molecular complexity index is 816. The Balaban J connectivity index is 1.67. The quantitative estimate of drug-likeness (QED) is 0.343. The first-order chi connectivity index (χ1) is 14.0. The zero-order valence-electron chi connectivity index (χ0n) is 17.5. The lowest BCUT2D eigenvalue weighted by Crippen LogP contribution is -2.55. The average Bonchev–Trinajstić information content (AvgIpc) is 3.02. The van der Waals surface area contributed by atoms with Crippen LogP contribution < -0.4 is 0 Å². The van der Waals surface area contributed by atoms with Crippen LogP contribution in [0.3, 0.4) is 0 Å². The first kappa shape index (κ1) is 20.7. The van der Waals surface area contributed by atoms with E-state index in [1.807, 2.05) is 19.1 Å². The monoisotopic (exact) mass is 414 g/mol. The van der Waals surface area contributed by atoms with E-state index in [4.69, 9.17) is 16.3 Å². The van der Waals surface area contributed by atoms with E-state index in [-0.39, 0.29) is 11.4 Å². The van der Waals surface area contributed by atoms with Crippen LogP contribution in [0, 0.1) is 40.4 Å². The van der Waals surface area contributed by atoms with Crippen LogP contribution in [0.2, 0.25) is 0 Å². The van der Waals surface area contributed by atoms with Crippen LogP contribution >= 0.6 is 11.6 Å². The first-order valence-electron chi connectivity index (χ1n) is 11.3. The fourth-order valence-corrected chi connectivity index (χ4v) is 7.14. The highest BCUT2D eigenvalue weighted by Crippen LogP contribution is 2.64. The van der Waals surface area contributed by atoms with Crippen molar-refractivity contribution in [3.8, 4) is 11.3 Å². The van der Waals surface area contributed by atoms with Gasteiger partial charge < -0.3 is 4.74 Å². The Labute approximate surface area is 179 Å². The molecule has 29 heavy (non-hydrogen) atoms. The number of fused-ring (bicyclic) bond motifs is 5. The lowest BCUT2D eigenvalue weighted by Gasteiger charge is -2.56. The van der Waals surface area contributed by atoms with Crippen molar-refractivity contribution in [3.05, 3.63) is 23.8 Å². The molecule has 2 saturated carbocycles. The molecule has 0 unspecified atom stereocenters. The maximum Gasteiger partial charge on any atom is 0.307 e. The molecule has 4 aliphatic rings. The standard InChI is InChI=1S/C25H31ClO3/c1-3-5-23(28)29-25(14-15-26)13-11-22-21-8-6-17-16-18(27)7-9-19(17)20(21)10-12-24(22,25)4-2/h11,13,16,19-22H,3-10,12H2,1-2H3/t19-,20+,21+,22-,24-,25+/m0/s1. The number of hydrogen-bond acceptors (Lipinski definition) is 3. The van der Waals surface area contributed by atoms with Crippen molar-refractivity contribution in [2.24, 2.45) is 29.1 Å². The molecule has 0 bridgehead atoms. The second-order valence-electron chi connectivity index (χ2n) is 9.31. The summed E-state index contributed by atoms with van der Waals surface area (Å²) in [5.74, 6) is 5.30. The summed E-state index contributed by atoms with van der Waals surface area (Å²) in [5, 5.41) is 2.56. The van der Waals surface area contributed by atoms with Crippen molar-refractivity contribution in [1.82, 2.24) is 0 Å². The highest BCUT2D eigenvalue weighted by atomic mass is 35.5. The Hall–Kier alpha value is -1.53. The van der Waals surface area contributed by atoms with Gasteiger partial charge in [-0.3, -0.25) is 9.59 Å². The highest BCUT2D eigenvalue weighted by molar-refractivity contribution is 6.30. The summed E-state index contributed by atoms with van der Waals surface area (Å²) in [6, 6.07) is 0. The minimum absolute atomic E-state index is 0.188. The number of hydrogen-bond donors (Lipinski definition) is 0. The number of halogens is 1. The fraction of sp³-hybridized carbons (Fsp3) is 0.680. The predicted molar refractivity (Wildman–Crippen MR) is 114 cm³/mol. The Morgan fingerprint density at radius 1 is 1.24 bits per heavy atom. The maximum absolute atomic E-state index is 12.5. The summed E-state index contributed by atoms with van der Waals surface area (Å²) in [4.78, 5) is 24.4. The van der Waals surface area contributed by atoms with Crippen LogP contribution in [0.1, 0.15) is 71.6 Å². The van der Waals surface area contributed by atoms with Gasteiger partial charge in [-0.1, -0.05) is 25.5 Å². The molecule has 0 heterocycles. The number of carbonyl (C=O) groups is 2. The topological polar surface area (TPSA) is 43.4 Å². The fourth-order valence-electron chi connectivity index (χ4n) is 7.00. The molecule has 0 aliphatic heterocycles. The van der Waals surface area contributed by atoms with Gasteiger partial charge in [0.2, 0.25) is 0 Å². The molecule has 6 atom stereocenters. The minimum Gasteiger partial charge on any atom is -0.441 e. The summed E-state index contributed by atoms with van der Waals surface area (Å²) in [5.41, 5.74) is 0.268. The van der Waals surface area contributed by atoms with Crippen LogP contribution in [0.5, 0.6) is 0 Å². The molecule has 0 aromatic rings. The number of rotatable bonds is 4. The first-order valence-corrected chi connectivity index (χ1v) is 11.7. The van der Waals surface area contributed by atoms with Crippen LogP contribution in [-0.2, 0) is 14.3 Å². The Morgan fingerprint density at radius 3 is 2.79 bits per heavy atom. The van der Waals surface area contributed by atoms with Crippen molar-refractivity contribution in [2.45, 2.75) is 77.2 Å². The van der Waals surface area contributed by atoms with E-state index in [1.54, 1.807) is 0 Å². The van der Waals surface area contributed by atoms with Gasteiger partial charge in [-0.2, -0.15) is 0 Å². The molecule has 0 aromatic heterocycles. The minimum atomic E-state index is -0.913. The number of carbonyl (C=O) groups excluding carboxylic acids is 2. The molecule has 0 amide bonds. The zero-order chi connectivity index (χ0) is 20.6. The van der Waals surface area contributed by atoms with Crippen molar-refractivity contribution in [2.75, 3.05) is 0 Å². The molecule has 0 radical (unpaired) electrons. The summed E-state index contributed by atoms with van der Waals surface area (Å²) in [7, 11) is 0. The van der Waals surface area contributed by atoms with E-state index in [9.17, 15) is 9.59 Å². The predicted octanol–water partition coefficient (Wildman–Crippen LogP) is 5.58. The number of esters is 1. The van der Waals surface area contributed by atoms with Crippen LogP contribution in [0.15, 0.2) is 23.8 Å². The molecule has 3 nitrogen and oxygen atoms in total. The highest BCUT2D eigenvalue weighted by Gasteiger charge is 2.63. The summed E-state index contributed by atoms with van der Waals surface area (Å²) < 4.78 is 6.10. The van der Waals surface area contributed by atoms with Gasteiger partial charge in [0, 0.05) is 23.6 Å². The molecule has 0 aromatic carbocycles. The third-order valence-corrected chi connectivity index (χ3v) is 8.35. The van der Waals surface area contributed by atoms with Gasteiger partial charge in [0.25, 0.3) is 0 Å². The Kier molecular flexibility index (Phi) is 5.68. The molecule has 156 valence electrons. The van der Waals surface area contributed by atoms with Crippen molar-refractivity contribution in [1.29, 1.82) is 0 Å². The molecule has 2 fully saturated rings. The van der Waals surface area contributed by atoms with Crippen molar-refractivity contribution in [3.63, 3.8) is 0 Å². The Morgan fingerprint density at radius 2 is 2.07 bits per heavy atom. The van der Waals surface area contributed by atoms with Gasteiger partial charge in [0.1, 0.15) is 0 Å². The second kappa shape index (κ2) is 7.95. The van der Waals surface area contributed by atoms with Gasteiger partial charge in [-0.05, 0) is 98.3 Å². The third-order valence-electron chi connectivity index (χ3n) is 8.25. The SMILES string of the molecule is CCCC(=O)O[C@@]1(C#CCl)C=C[C@H]2[C@@H]3CCC4=CC(=O)CC[C@@H]4[C@H]3CC[C@@]21CC. The third kappa shape index (κ3) is 3.19. The summed E-state index contributed by atoms with van der Waals surface area (Å²) in [6.07, 6.45) is 14.2. The van der Waals surface area contributed by atoms with Crippen LogP contribution in [0.4, 0.5) is 0 Å². The molecule has 0 saturated heterocycles. The van der Waals surface area contributed by atoms with Gasteiger partial charge in [0.15, 0.2) is 11.4 Å². The number of ketones is 1. The van der Waals surface area contributed by atoms with Gasteiger partial charge >= 0.3 is 5.97 Å². The second-order valence-corrected chi connectivity index (χ2v) is 9.50. The normalized spacial score (nSPS) is 40.1. The molecular formula is C25H31ClO3. The smallest absolute Gasteiger partial charge is 0.307 e. The van der Waals surface area contributed by atoms with Gasteiger partial charge in [0.05, 0.1) is 0 Å². The average molecular weight is 415 g/mol. The molecule has 0 spiro atoms. The van der Waals surface area contributed by atoms with Crippen LogP contribution in [0.25, 0.3) is 0 Å². The maximum atomic E-state index is 12.5. The number of ether oxygens (including phenoxy) is 1. The van der Waals surface area contributed by atoms with Crippen molar-refractivity contribution >= 4 is 23.4 Å². The molecule has 0 N–H and O–H groups in total. The van der Waals surface area contributed by atoms with Crippen molar-refractivity contribution < 1.29 is 14.3 Å². The number of allylic oxidation sites excluding steroid dienone is 3. The van der Waals surface area contributed by atoms with Gasteiger partial charge in [-0.25, -0.2) is 0 Å². The lowest BCUT2D eigenvalue weighted by molar-refractivity contribution is -0.168. The molecular weight excluding hydrogens is 384 g/mol. The van der Waals surface area contributed by atoms with E-state index in [1.165, 1.54) is 5.57 Å². The van der Waals surface area contributed by atoms with Crippen LogP contribution in [-0.4, -0.2) is 17.4 Å². The summed E-state index contributed by atoms with van der Waals surface area (Å²) in [6.45, 7) is 4.18.